The van der Waals surface area contributed by atoms with E-state index in [1.165, 1.54) is 0 Å². The molecule has 0 aliphatic carbocycles. The first-order valence-electron chi connectivity index (χ1n) is 8.58. The minimum Gasteiger partial charge on any atom is -0.497 e. The van der Waals surface area contributed by atoms with Crippen molar-refractivity contribution in [3.8, 4) is 11.5 Å². The summed E-state index contributed by atoms with van der Waals surface area (Å²) in [7, 11) is 1.63. The van der Waals surface area contributed by atoms with Crippen LogP contribution in [0.15, 0.2) is 24.3 Å². The van der Waals surface area contributed by atoms with Crippen LogP contribution in [0.3, 0.4) is 0 Å². The molecule has 0 bridgehead atoms. The van der Waals surface area contributed by atoms with E-state index >= 15 is 0 Å². The maximum Gasteiger partial charge on any atom is 0.119 e. The summed E-state index contributed by atoms with van der Waals surface area (Å²) in [4.78, 5) is 0. The van der Waals surface area contributed by atoms with Gasteiger partial charge in [-0.1, -0.05) is 0 Å². The maximum atomic E-state index is 5.80. The monoisotopic (exact) mass is 356 g/mol. The molecule has 142 valence electrons. The van der Waals surface area contributed by atoms with Gasteiger partial charge in [0.15, 0.2) is 0 Å². The van der Waals surface area contributed by atoms with E-state index in [0.717, 1.165) is 11.5 Å². The van der Waals surface area contributed by atoms with E-state index in [1.807, 2.05) is 24.3 Å². The van der Waals surface area contributed by atoms with Crippen molar-refractivity contribution in [1.82, 2.24) is 0 Å². The van der Waals surface area contributed by atoms with Crippen molar-refractivity contribution in [3.05, 3.63) is 24.3 Å². The summed E-state index contributed by atoms with van der Waals surface area (Å²) in [5.41, 5.74) is 0. The third-order valence-electron chi connectivity index (χ3n) is 3.50. The summed E-state index contributed by atoms with van der Waals surface area (Å²) >= 11 is 0. The highest BCUT2D eigenvalue weighted by molar-refractivity contribution is 5.31. The lowest BCUT2D eigenvalue weighted by atomic mass is 10.3. The van der Waals surface area contributed by atoms with Crippen LogP contribution in [0, 0.1) is 0 Å². The zero-order valence-corrected chi connectivity index (χ0v) is 14.8. The lowest BCUT2D eigenvalue weighted by molar-refractivity contribution is -0.0606. The quantitative estimate of drug-likeness (QED) is 0.811. The Hall–Kier alpha value is -1.38. The van der Waals surface area contributed by atoms with Crippen LogP contribution in [0.5, 0.6) is 11.5 Å². The summed E-state index contributed by atoms with van der Waals surface area (Å²) < 4.78 is 38.6. The Morgan fingerprint density at radius 1 is 0.760 bits per heavy atom. The molecule has 7 heteroatoms. The van der Waals surface area contributed by atoms with Crippen LogP contribution in [-0.4, -0.2) is 79.3 Å². The number of ether oxygens (including phenoxy) is 7. The molecule has 1 atom stereocenters. The van der Waals surface area contributed by atoms with E-state index in [2.05, 4.69) is 0 Å². The molecule has 2 rings (SSSR count). The molecule has 0 saturated carbocycles. The van der Waals surface area contributed by atoms with Crippen LogP contribution < -0.4 is 9.47 Å². The summed E-state index contributed by atoms with van der Waals surface area (Å²) in [6.45, 7) is 5.12. The van der Waals surface area contributed by atoms with Gasteiger partial charge in [0.25, 0.3) is 0 Å². The van der Waals surface area contributed by atoms with Gasteiger partial charge in [-0.3, -0.25) is 0 Å². The van der Waals surface area contributed by atoms with E-state index in [1.54, 1.807) is 7.11 Å². The maximum absolute atomic E-state index is 5.80. The zero-order chi connectivity index (χ0) is 17.6. The first-order valence-corrected chi connectivity index (χ1v) is 8.58. The van der Waals surface area contributed by atoms with E-state index in [0.29, 0.717) is 66.1 Å². The molecule has 1 saturated heterocycles. The predicted octanol–water partition coefficient (Wildman–Crippen LogP) is 1.54. The van der Waals surface area contributed by atoms with Gasteiger partial charge in [0.1, 0.15) is 24.2 Å². The van der Waals surface area contributed by atoms with Crippen LogP contribution in [0.4, 0.5) is 0 Å². The standard InChI is InChI=1S/C18H28O7/c1-19-16-2-4-17(5-3-16)25-15-18-14-23-11-10-21-7-6-20-8-9-22-12-13-24-18/h2-5,18H,6-15H2,1H3. The normalized spacial score (nSPS) is 21.7. The second kappa shape index (κ2) is 12.9. The molecule has 0 N–H and O–H groups in total. The van der Waals surface area contributed by atoms with Crippen molar-refractivity contribution in [2.45, 2.75) is 6.10 Å². The van der Waals surface area contributed by atoms with Crippen molar-refractivity contribution >= 4 is 0 Å². The molecule has 0 amide bonds. The molecule has 7 nitrogen and oxygen atoms in total. The van der Waals surface area contributed by atoms with E-state index in [9.17, 15) is 0 Å². The van der Waals surface area contributed by atoms with Gasteiger partial charge in [0.2, 0.25) is 0 Å². The van der Waals surface area contributed by atoms with E-state index in [4.69, 9.17) is 33.2 Å². The van der Waals surface area contributed by atoms with Crippen LogP contribution in [-0.2, 0) is 23.7 Å². The first kappa shape index (κ1) is 19.9. The molecule has 1 aromatic rings. The molecule has 0 radical (unpaired) electrons. The SMILES string of the molecule is COc1ccc(OCC2COCCOCCOCCOCCO2)cc1. The van der Waals surface area contributed by atoms with E-state index in [-0.39, 0.29) is 6.10 Å². The lowest BCUT2D eigenvalue weighted by Gasteiger charge is -2.19. The fourth-order valence-electron chi connectivity index (χ4n) is 2.15. The molecule has 0 spiro atoms. The van der Waals surface area contributed by atoms with Crippen LogP contribution in [0.2, 0.25) is 0 Å². The second-order valence-electron chi connectivity index (χ2n) is 5.39. The third kappa shape index (κ3) is 9.04. The largest absolute Gasteiger partial charge is 0.497 e. The van der Waals surface area contributed by atoms with Crippen LogP contribution in [0.1, 0.15) is 0 Å². The van der Waals surface area contributed by atoms with Crippen molar-refractivity contribution < 1.29 is 33.2 Å². The molecule has 1 aliphatic rings. The minimum atomic E-state index is -0.174. The highest BCUT2D eigenvalue weighted by Crippen LogP contribution is 2.17. The van der Waals surface area contributed by atoms with Crippen molar-refractivity contribution in [2.24, 2.45) is 0 Å². The van der Waals surface area contributed by atoms with Crippen molar-refractivity contribution in [2.75, 3.05) is 73.2 Å². The topological polar surface area (TPSA) is 64.6 Å². The molecule has 1 aliphatic heterocycles. The Balaban J connectivity index is 1.75. The predicted molar refractivity (Wildman–Crippen MR) is 91.5 cm³/mol. The smallest absolute Gasteiger partial charge is 0.119 e. The highest BCUT2D eigenvalue weighted by Gasteiger charge is 2.11. The Kier molecular flexibility index (Phi) is 10.3. The molecule has 1 fully saturated rings. The Bertz CT molecular complexity index is 422. The highest BCUT2D eigenvalue weighted by atomic mass is 16.6. The number of methoxy groups -OCH3 is 1. The number of hydrogen-bond donors (Lipinski definition) is 0. The molecule has 1 heterocycles. The van der Waals surface area contributed by atoms with Crippen molar-refractivity contribution in [3.63, 3.8) is 0 Å². The average Bonchev–Trinajstić information content (AvgIpc) is 2.66. The lowest BCUT2D eigenvalue weighted by Crippen LogP contribution is -2.29. The van der Waals surface area contributed by atoms with Gasteiger partial charge in [-0.05, 0) is 24.3 Å². The second-order valence-corrected chi connectivity index (χ2v) is 5.39. The van der Waals surface area contributed by atoms with Gasteiger partial charge in [0, 0.05) is 0 Å². The molecular weight excluding hydrogens is 328 g/mol. The van der Waals surface area contributed by atoms with Gasteiger partial charge >= 0.3 is 0 Å². The number of benzene rings is 1. The number of hydrogen-bond acceptors (Lipinski definition) is 7. The molecule has 1 unspecified atom stereocenters. The summed E-state index contributed by atoms with van der Waals surface area (Å²) in [6, 6.07) is 7.44. The third-order valence-corrected chi connectivity index (χ3v) is 3.50. The van der Waals surface area contributed by atoms with Gasteiger partial charge in [-0.25, -0.2) is 0 Å². The summed E-state index contributed by atoms with van der Waals surface area (Å²) in [5, 5.41) is 0. The van der Waals surface area contributed by atoms with Crippen LogP contribution in [0.25, 0.3) is 0 Å². The van der Waals surface area contributed by atoms with E-state index < -0.39 is 0 Å². The number of rotatable bonds is 4. The Labute approximate surface area is 149 Å². The summed E-state index contributed by atoms with van der Waals surface area (Å²) in [5.74, 6) is 1.55. The fraction of sp³-hybridized carbons (Fsp3) is 0.667. The summed E-state index contributed by atoms with van der Waals surface area (Å²) in [6.07, 6.45) is -0.174. The molecule has 1 aromatic carbocycles. The minimum absolute atomic E-state index is 0.174. The fourth-order valence-corrected chi connectivity index (χ4v) is 2.15. The molecule has 25 heavy (non-hydrogen) atoms. The average molecular weight is 356 g/mol. The Morgan fingerprint density at radius 3 is 1.88 bits per heavy atom. The first-order chi connectivity index (χ1) is 12.4. The van der Waals surface area contributed by atoms with Crippen molar-refractivity contribution in [1.29, 1.82) is 0 Å². The van der Waals surface area contributed by atoms with Gasteiger partial charge in [0.05, 0.1) is 66.6 Å². The van der Waals surface area contributed by atoms with Gasteiger partial charge in [-0.15, -0.1) is 0 Å². The van der Waals surface area contributed by atoms with Gasteiger partial charge < -0.3 is 33.2 Å². The molecular formula is C18H28O7. The molecule has 0 aromatic heterocycles. The van der Waals surface area contributed by atoms with Crippen LogP contribution >= 0.6 is 0 Å². The van der Waals surface area contributed by atoms with Gasteiger partial charge in [-0.2, -0.15) is 0 Å². The Morgan fingerprint density at radius 2 is 1.28 bits per heavy atom. The zero-order valence-electron chi connectivity index (χ0n) is 14.8.